The number of alkyl halides is 3. The van der Waals surface area contributed by atoms with E-state index >= 15 is 0 Å². The lowest BCUT2D eigenvalue weighted by atomic mass is 10.2. The second kappa shape index (κ2) is 9.79. The lowest BCUT2D eigenvalue weighted by molar-refractivity contribution is -0.141. The van der Waals surface area contributed by atoms with E-state index < -0.39 is 29.6 Å². The highest BCUT2D eigenvalue weighted by Crippen LogP contribution is 2.30. The number of benzene rings is 1. The molecule has 0 aliphatic heterocycles. The molecule has 176 valence electrons. The van der Waals surface area contributed by atoms with Gasteiger partial charge in [0.15, 0.2) is 5.69 Å². The lowest BCUT2D eigenvalue weighted by Crippen LogP contribution is -2.37. The first kappa shape index (κ1) is 23.9. The molecule has 0 fully saturated rings. The third-order valence-corrected chi connectivity index (χ3v) is 4.61. The number of aromatic nitrogens is 5. The largest absolute Gasteiger partial charge is 0.435 e. The summed E-state index contributed by atoms with van der Waals surface area (Å²) in [5.74, 6) is -1.13. The fraction of sp³-hybridized carbons (Fsp3) is 0.350. The van der Waals surface area contributed by atoms with Crippen LogP contribution in [0, 0.1) is 5.82 Å². The molecule has 1 atom stereocenters. The van der Waals surface area contributed by atoms with Gasteiger partial charge in [-0.15, -0.1) is 5.10 Å². The van der Waals surface area contributed by atoms with E-state index in [4.69, 9.17) is 0 Å². The topological polar surface area (TPSA) is 97.9 Å². The van der Waals surface area contributed by atoms with Crippen molar-refractivity contribution < 1.29 is 27.2 Å². The number of anilines is 1. The van der Waals surface area contributed by atoms with Crippen molar-refractivity contribution in [3.8, 4) is 0 Å². The quantitative estimate of drug-likeness (QED) is 0.383. The van der Waals surface area contributed by atoms with E-state index in [2.05, 4.69) is 20.5 Å². The lowest BCUT2D eigenvalue weighted by Gasteiger charge is -2.16. The first-order chi connectivity index (χ1) is 15.6. The molecule has 3 rings (SSSR count). The number of aryl methyl sites for hydroxylation is 1. The maximum absolute atomic E-state index is 13.3. The van der Waals surface area contributed by atoms with Gasteiger partial charge in [0.1, 0.15) is 24.2 Å². The molecular weight excluding hydrogens is 446 g/mol. The fourth-order valence-corrected chi connectivity index (χ4v) is 3.04. The molecule has 0 saturated heterocycles. The molecule has 9 nitrogen and oxygen atoms in total. The molecule has 0 radical (unpaired) electrons. The molecule has 0 aliphatic rings. The van der Waals surface area contributed by atoms with Crippen LogP contribution in [0.4, 0.5) is 23.4 Å². The standard InChI is InChI=1S/C20H21F4N7O2/c1-29(2)17-9-16(20(22,23)24)27-31(17)7-6-15(11-32)26-19(33)18-25-12-30(28-18)10-13-4-3-5-14(21)8-13/h3-5,8-9,11-12,15H,6-7,10H2,1-2H3,(H,26,33). The molecular formula is C20H21F4N7O2. The normalized spacial score (nSPS) is 12.4. The predicted octanol–water partition coefficient (Wildman–Crippen LogP) is 2.13. The third-order valence-electron chi connectivity index (χ3n) is 4.61. The van der Waals surface area contributed by atoms with Crippen molar-refractivity contribution in [2.75, 3.05) is 19.0 Å². The second-order valence-corrected chi connectivity index (χ2v) is 7.40. The molecule has 1 N–H and O–H groups in total. The SMILES string of the molecule is CN(C)c1cc(C(F)(F)F)nn1CCC(C=O)NC(=O)c1ncn(Cc2cccc(F)c2)n1. The molecule has 3 aromatic rings. The van der Waals surface area contributed by atoms with Crippen LogP contribution in [-0.4, -0.2) is 56.9 Å². The Morgan fingerprint density at radius 3 is 2.64 bits per heavy atom. The number of carbonyl (C=O) groups excluding carboxylic acids is 2. The minimum Gasteiger partial charge on any atom is -0.363 e. The van der Waals surface area contributed by atoms with Crippen molar-refractivity contribution in [1.29, 1.82) is 0 Å². The Kier molecular flexibility index (Phi) is 7.09. The zero-order chi connectivity index (χ0) is 24.2. The molecule has 1 unspecified atom stereocenters. The number of amides is 1. The zero-order valence-electron chi connectivity index (χ0n) is 17.8. The van der Waals surface area contributed by atoms with Gasteiger partial charge in [0.2, 0.25) is 5.82 Å². The number of nitrogens with zero attached hydrogens (tertiary/aromatic N) is 6. The van der Waals surface area contributed by atoms with E-state index in [1.165, 1.54) is 28.0 Å². The minimum absolute atomic E-state index is 0.000935. The first-order valence-electron chi connectivity index (χ1n) is 9.79. The predicted molar refractivity (Wildman–Crippen MR) is 109 cm³/mol. The van der Waals surface area contributed by atoms with Crippen molar-refractivity contribution in [2.24, 2.45) is 0 Å². The molecule has 1 amide bonds. The molecule has 2 heterocycles. The highest BCUT2D eigenvalue weighted by Gasteiger charge is 2.35. The van der Waals surface area contributed by atoms with Gasteiger partial charge in [-0.2, -0.15) is 18.3 Å². The summed E-state index contributed by atoms with van der Waals surface area (Å²) in [4.78, 5) is 29.2. The van der Waals surface area contributed by atoms with E-state index in [0.717, 1.165) is 10.7 Å². The smallest absolute Gasteiger partial charge is 0.363 e. The first-order valence-corrected chi connectivity index (χ1v) is 9.79. The highest BCUT2D eigenvalue weighted by molar-refractivity contribution is 5.92. The van der Waals surface area contributed by atoms with Crippen LogP contribution in [-0.2, 0) is 24.1 Å². The zero-order valence-corrected chi connectivity index (χ0v) is 17.8. The van der Waals surface area contributed by atoms with Crippen molar-refractivity contribution >= 4 is 18.0 Å². The average Bonchev–Trinajstić information content (AvgIpc) is 3.38. The number of halogens is 4. The Morgan fingerprint density at radius 2 is 2.00 bits per heavy atom. The van der Waals surface area contributed by atoms with Crippen LogP contribution in [0.3, 0.4) is 0 Å². The molecule has 0 bridgehead atoms. The summed E-state index contributed by atoms with van der Waals surface area (Å²) in [7, 11) is 3.14. The Labute approximate surface area is 186 Å². The number of carbonyl (C=O) groups is 2. The maximum atomic E-state index is 13.3. The summed E-state index contributed by atoms with van der Waals surface area (Å²) in [6.45, 7) is 0.137. The summed E-state index contributed by atoms with van der Waals surface area (Å²) in [5, 5.41) is 10.0. The van der Waals surface area contributed by atoms with Gasteiger partial charge in [-0.05, 0) is 24.1 Å². The molecule has 13 heteroatoms. The van der Waals surface area contributed by atoms with Crippen LogP contribution in [0.2, 0.25) is 0 Å². The van der Waals surface area contributed by atoms with Gasteiger partial charge in [0.05, 0.1) is 12.6 Å². The van der Waals surface area contributed by atoms with Crippen LogP contribution in [0.25, 0.3) is 0 Å². The average molecular weight is 467 g/mol. The Hall–Kier alpha value is -3.77. The van der Waals surface area contributed by atoms with E-state index in [1.807, 2.05) is 0 Å². The highest BCUT2D eigenvalue weighted by atomic mass is 19.4. The fourth-order valence-electron chi connectivity index (χ4n) is 3.04. The van der Waals surface area contributed by atoms with E-state index in [1.54, 1.807) is 26.2 Å². The van der Waals surface area contributed by atoms with E-state index in [-0.39, 0.29) is 31.2 Å². The number of hydrogen-bond acceptors (Lipinski definition) is 6. The summed E-state index contributed by atoms with van der Waals surface area (Å²) >= 11 is 0. The molecule has 2 aromatic heterocycles. The Balaban J connectivity index is 1.62. The monoisotopic (exact) mass is 467 g/mol. The van der Waals surface area contributed by atoms with Crippen molar-refractivity contribution in [3.63, 3.8) is 0 Å². The molecule has 33 heavy (non-hydrogen) atoms. The van der Waals surface area contributed by atoms with Crippen LogP contribution in [0.5, 0.6) is 0 Å². The van der Waals surface area contributed by atoms with Crippen molar-refractivity contribution in [2.45, 2.75) is 31.7 Å². The molecule has 0 spiro atoms. The van der Waals surface area contributed by atoms with Gasteiger partial charge >= 0.3 is 6.18 Å². The maximum Gasteiger partial charge on any atom is 0.435 e. The van der Waals surface area contributed by atoms with E-state index in [0.29, 0.717) is 11.8 Å². The van der Waals surface area contributed by atoms with Gasteiger partial charge < -0.3 is 15.0 Å². The van der Waals surface area contributed by atoms with Gasteiger partial charge in [-0.3, -0.25) is 4.79 Å². The Morgan fingerprint density at radius 1 is 1.24 bits per heavy atom. The summed E-state index contributed by atoms with van der Waals surface area (Å²) in [6, 6.07) is 5.77. The second-order valence-electron chi connectivity index (χ2n) is 7.40. The summed E-state index contributed by atoms with van der Waals surface area (Å²) in [6.07, 6.45) is -2.84. The van der Waals surface area contributed by atoms with Gasteiger partial charge in [-0.25, -0.2) is 18.7 Å². The van der Waals surface area contributed by atoms with Crippen LogP contribution in [0.1, 0.15) is 28.3 Å². The number of nitrogens with one attached hydrogen (secondary N) is 1. The van der Waals surface area contributed by atoms with Gasteiger partial charge in [0.25, 0.3) is 5.91 Å². The summed E-state index contributed by atoms with van der Waals surface area (Å²) < 4.78 is 54.7. The Bertz CT molecular complexity index is 1120. The molecule has 0 saturated carbocycles. The molecule has 1 aromatic carbocycles. The number of hydrogen-bond donors (Lipinski definition) is 1. The third kappa shape index (κ3) is 6.14. The van der Waals surface area contributed by atoms with Crippen molar-refractivity contribution in [1.82, 2.24) is 29.9 Å². The van der Waals surface area contributed by atoms with Crippen LogP contribution in [0.15, 0.2) is 36.7 Å². The van der Waals surface area contributed by atoms with Crippen LogP contribution < -0.4 is 10.2 Å². The van der Waals surface area contributed by atoms with Gasteiger partial charge in [-0.1, -0.05) is 12.1 Å². The number of aldehydes is 1. The number of rotatable bonds is 9. The van der Waals surface area contributed by atoms with E-state index in [9.17, 15) is 27.2 Å². The minimum atomic E-state index is -4.61. The molecule has 0 aliphatic carbocycles. The van der Waals surface area contributed by atoms with Crippen molar-refractivity contribution in [3.05, 3.63) is 59.6 Å². The van der Waals surface area contributed by atoms with Gasteiger partial charge in [0, 0.05) is 26.7 Å². The summed E-state index contributed by atoms with van der Waals surface area (Å²) in [5.41, 5.74) is -0.433. The van der Waals surface area contributed by atoms with Crippen LogP contribution >= 0.6 is 0 Å².